The van der Waals surface area contributed by atoms with E-state index in [1.54, 1.807) is 14.0 Å². The number of ether oxygens (including phenoxy) is 1. The van der Waals surface area contributed by atoms with E-state index in [0.29, 0.717) is 6.42 Å². The van der Waals surface area contributed by atoms with Crippen molar-refractivity contribution in [2.24, 2.45) is 5.92 Å². The van der Waals surface area contributed by atoms with Crippen LogP contribution in [0.15, 0.2) is 60.7 Å². The van der Waals surface area contributed by atoms with E-state index < -0.39 is 0 Å². The molecule has 0 spiro atoms. The minimum absolute atomic E-state index is 0.157. The van der Waals surface area contributed by atoms with Gasteiger partial charge in [-0.05, 0) is 24.5 Å². The average molecular weight is 268 g/mol. The number of methoxy groups -OCH3 is 1. The van der Waals surface area contributed by atoms with Gasteiger partial charge in [0.2, 0.25) is 0 Å². The Labute approximate surface area is 120 Å². The van der Waals surface area contributed by atoms with Gasteiger partial charge in [-0.25, -0.2) is 0 Å². The second-order valence-electron chi connectivity index (χ2n) is 4.97. The van der Waals surface area contributed by atoms with Gasteiger partial charge in [0, 0.05) is 7.11 Å². The van der Waals surface area contributed by atoms with Gasteiger partial charge in [-0.1, -0.05) is 60.7 Å². The van der Waals surface area contributed by atoms with Gasteiger partial charge in [0.25, 0.3) is 0 Å². The first-order valence-corrected chi connectivity index (χ1v) is 6.84. The molecular weight excluding hydrogens is 248 g/mol. The third kappa shape index (κ3) is 3.55. The van der Waals surface area contributed by atoms with Crippen molar-refractivity contribution in [3.63, 3.8) is 0 Å². The number of carbonyl (C=O) groups excluding carboxylic acids is 1. The summed E-state index contributed by atoms with van der Waals surface area (Å²) in [5, 5.41) is 0. The van der Waals surface area contributed by atoms with Crippen molar-refractivity contribution in [3.05, 3.63) is 71.8 Å². The lowest BCUT2D eigenvalue weighted by molar-refractivity contribution is -0.125. The third-order valence-electron chi connectivity index (χ3n) is 3.57. The second kappa shape index (κ2) is 7.01. The van der Waals surface area contributed by atoms with Crippen LogP contribution in [-0.4, -0.2) is 12.9 Å². The van der Waals surface area contributed by atoms with Crippen molar-refractivity contribution in [1.82, 2.24) is 0 Å². The molecule has 2 aromatic carbocycles. The van der Waals surface area contributed by atoms with Crippen LogP contribution in [0.1, 0.15) is 24.2 Å². The minimum Gasteiger partial charge on any atom is -0.376 e. The van der Waals surface area contributed by atoms with Crippen molar-refractivity contribution < 1.29 is 9.53 Å². The Morgan fingerprint density at radius 1 is 1.00 bits per heavy atom. The van der Waals surface area contributed by atoms with Gasteiger partial charge in [-0.3, -0.25) is 4.79 Å². The van der Waals surface area contributed by atoms with E-state index in [9.17, 15) is 4.79 Å². The molecule has 0 amide bonds. The van der Waals surface area contributed by atoms with E-state index in [-0.39, 0.29) is 17.8 Å². The summed E-state index contributed by atoms with van der Waals surface area (Å²) in [6.45, 7) is 1.64. The van der Waals surface area contributed by atoms with Crippen molar-refractivity contribution in [2.45, 2.75) is 19.4 Å². The smallest absolute Gasteiger partial charge is 0.136 e. The second-order valence-corrected chi connectivity index (χ2v) is 4.97. The molecule has 2 aromatic rings. The summed E-state index contributed by atoms with van der Waals surface area (Å²) in [5.74, 6) is -0.00523. The van der Waals surface area contributed by atoms with Crippen molar-refractivity contribution >= 4 is 5.78 Å². The van der Waals surface area contributed by atoms with Crippen molar-refractivity contribution in [2.75, 3.05) is 7.11 Å². The Balaban J connectivity index is 2.25. The maximum absolute atomic E-state index is 12.0. The Morgan fingerprint density at radius 2 is 1.55 bits per heavy atom. The van der Waals surface area contributed by atoms with Crippen LogP contribution >= 0.6 is 0 Å². The number of ketones is 1. The van der Waals surface area contributed by atoms with Gasteiger partial charge in [-0.15, -0.1) is 0 Å². The van der Waals surface area contributed by atoms with Crippen LogP contribution in [0.4, 0.5) is 0 Å². The lowest BCUT2D eigenvalue weighted by Gasteiger charge is -2.24. The van der Waals surface area contributed by atoms with Gasteiger partial charge in [0.15, 0.2) is 0 Å². The highest BCUT2D eigenvalue weighted by molar-refractivity contribution is 5.79. The van der Waals surface area contributed by atoms with Crippen molar-refractivity contribution in [3.8, 4) is 0 Å². The highest BCUT2D eigenvalue weighted by Crippen LogP contribution is 2.29. The predicted octanol–water partition coefficient (Wildman–Crippen LogP) is 3.82. The molecule has 0 aliphatic carbocycles. The predicted molar refractivity (Wildman–Crippen MR) is 80.5 cm³/mol. The van der Waals surface area contributed by atoms with E-state index in [1.807, 2.05) is 60.7 Å². The molecule has 20 heavy (non-hydrogen) atoms. The minimum atomic E-state index is -0.200. The molecule has 0 saturated carbocycles. The molecule has 2 atom stereocenters. The average Bonchev–Trinajstić information content (AvgIpc) is 2.49. The summed E-state index contributed by atoms with van der Waals surface area (Å²) in [6.07, 6.45) is 0.498. The molecule has 0 radical (unpaired) electrons. The molecule has 0 aliphatic heterocycles. The van der Waals surface area contributed by atoms with Crippen LogP contribution in [0, 0.1) is 5.92 Å². The number of benzene rings is 2. The zero-order valence-electron chi connectivity index (χ0n) is 12.0. The Hall–Kier alpha value is -1.93. The van der Waals surface area contributed by atoms with Gasteiger partial charge < -0.3 is 4.74 Å². The maximum Gasteiger partial charge on any atom is 0.136 e. The lowest BCUT2D eigenvalue weighted by atomic mass is 9.87. The molecule has 0 saturated heterocycles. The normalized spacial score (nSPS) is 13.7. The Kier molecular flexibility index (Phi) is 5.08. The third-order valence-corrected chi connectivity index (χ3v) is 3.57. The first-order chi connectivity index (χ1) is 9.72. The zero-order valence-corrected chi connectivity index (χ0v) is 12.0. The molecule has 0 heterocycles. The van der Waals surface area contributed by atoms with Crippen LogP contribution in [0.2, 0.25) is 0 Å². The summed E-state index contributed by atoms with van der Waals surface area (Å²) in [7, 11) is 1.67. The number of hydrogen-bond acceptors (Lipinski definition) is 2. The van der Waals surface area contributed by atoms with Gasteiger partial charge in [0.1, 0.15) is 5.78 Å². The van der Waals surface area contributed by atoms with E-state index >= 15 is 0 Å². The summed E-state index contributed by atoms with van der Waals surface area (Å²) >= 11 is 0. The summed E-state index contributed by atoms with van der Waals surface area (Å²) in [4.78, 5) is 12.0. The fourth-order valence-corrected chi connectivity index (χ4v) is 2.51. The first-order valence-electron chi connectivity index (χ1n) is 6.84. The van der Waals surface area contributed by atoms with Crippen LogP contribution in [0.3, 0.4) is 0 Å². The van der Waals surface area contributed by atoms with Gasteiger partial charge in [0.05, 0.1) is 12.0 Å². The molecule has 2 nitrogen and oxygen atoms in total. The fraction of sp³-hybridized carbons (Fsp3) is 0.278. The Bertz CT molecular complexity index is 534. The molecule has 0 bridgehead atoms. The summed E-state index contributed by atoms with van der Waals surface area (Å²) in [5.41, 5.74) is 2.21. The van der Waals surface area contributed by atoms with Crippen molar-refractivity contribution in [1.29, 1.82) is 0 Å². The fourth-order valence-electron chi connectivity index (χ4n) is 2.51. The summed E-state index contributed by atoms with van der Waals surface area (Å²) < 4.78 is 5.61. The topological polar surface area (TPSA) is 26.3 Å². The zero-order chi connectivity index (χ0) is 14.4. The molecule has 0 aromatic heterocycles. The number of rotatable bonds is 6. The van der Waals surface area contributed by atoms with Crippen LogP contribution in [0.25, 0.3) is 0 Å². The molecule has 0 N–H and O–H groups in total. The Morgan fingerprint density at radius 3 is 2.05 bits per heavy atom. The largest absolute Gasteiger partial charge is 0.376 e. The van der Waals surface area contributed by atoms with E-state index in [4.69, 9.17) is 4.74 Å². The highest BCUT2D eigenvalue weighted by Gasteiger charge is 2.27. The van der Waals surface area contributed by atoms with Gasteiger partial charge in [-0.2, -0.15) is 0 Å². The number of carbonyl (C=O) groups is 1. The molecule has 0 aliphatic rings. The van der Waals surface area contributed by atoms with Gasteiger partial charge >= 0.3 is 0 Å². The highest BCUT2D eigenvalue weighted by atomic mass is 16.5. The molecule has 0 fully saturated rings. The van der Waals surface area contributed by atoms with Crippen LogP contribution in [0.5, 0.6) is 0 Å². The maximum atomic E-state index is 12.0. The van der Waals surface area contributed by atoms with Crippen LogP contribution in [-0.2, 0) is 16.0 Å². The number of Topliss-reactive ketones (excluding diaryl/α,β-unsaturated/α-hetero) is 1. The first kappa shape index (κ1) is 14.5. The lowest BCUT2D eigenvalue weighted by Crippen LogP contribution is -2.24. The molecule has 2 unspecified atom stereocenters. The van der Waals surface area contributed by atoms with Crippen LogP contribution < -0.4 is 0 Å². The standard InChI is InChI=1S/C18H20O2/c1-14(19)17(13-15-9-5-3-6-10-15)18(20-2)16-11-7-4-8-12-16/h3-12,17-18H,13H2,1-2H3. The molecular formula is C18H20O2. The number of hydrogen-bond donors (Lipinski definition) is 0. The molecule has 2 heteroatoms. The quantitative estimate of drug-likeness (QED) is 0.796. The molecule has 2 rings (SSSR count). The van der Waals surface area contributed by atoms with E-state index in [0.717, 1.165) is 11.1 Å². The monoisotopic (exact) mass is 268 g/mol. The van der Waals surface area contributed by atoms with E-state index in [1.165, 1.54) is 0 Å². The molecule has 104 valence electrons. The SMILES string of the molecule is COC(c1ccccc1)C(Cc1ccccc1)C(C)=O. The summed E-state index contributed by atoms with van der Waals surface area (Å²) in [6, 6.07) is 20.0. The van der Waals surface area contributed by atoms with E-state index in [2.05, 4.69) is 0 Å².